The van der Waals surface area contributed by atoms with E-state index in [2.05, 4.69) is 32.0 Å². The van der Waals surface area contributed by atoms with Crippen molar-refractivity contribution in [3.8, 4) is 0 Å². The van der Waals surface area contributed by atoms with E-state index in [4.69, 9.17) is 0 Å². The summed E-state index contributed by atoms with van der Waals surface area (Å²) in [5.41, 5.74) is 3.61. The van der Waals surface area contributed by atoms with Gasteiger partial charge in [0.2, 0.25) is 0 Å². The van der Waals surface area contributed by atoms with Gasteiger partial charge >= 0.3 is 0 Å². The molecule has 21 heavy (non-hydrogen) atoms. The molecule has 0 radical (unpaired) electrons. The average molecular weight is 300 g/mol. The lowest BCUT2D eigenvalue weighted by molar-refractivity contribution is 0.182. The summed E-state index contributed by atoms with van der Waals surface area (Å²) < 4.78 is 14.1. The minimum absolute atomic E-state index is 0.237. The highest BCUT2D eigenvalue weighted by Crippen LogP contribution is 2.32. The highest BCUT2D eigenvalue weighted by Gasteiger charge is 2.13. The highest BCUT2D eigenvalue weighted by molar-refractivity contribution is 7.19. The maximum absolute atomic E-state index is 13.2. The molecule has 0 aliphatic carbocycles. The van der Waals surface area contributed by atoms with E-state index in [1.165, 1.54) is 34.6 Å². The van der Waals surface area contributed by atoms with Crippen molar-refractivity contribution in [2.24, 2.45) is 0 Å². The number of aliphatic hydroxyl groups is 1. The van der Waals surface area contributed by atoms with Crippen LogP contribution in [0.25, 0.3) is 10.1 Å². The van der Waals surface area contributed by atoms with Crippen LogP contribution in [-0.2, 0) is 6.42 Å². The third kappa shape index (κ3) is 2.99. The first-order valence-electron chi connectivity index (χ1n) is 6.96. The Morgan fingerprint density at radius 2 is 1.86 bits per heavy atom. The van der Waals surface area contributed by atoms with Gasteiger partial charge < -0.3 is 5.11 Å². The van der Waals surface area contributed by atoms with Crippen LogP contribution in [-0.4, -0.2) is 5.11 Å². The summed E-state index contributed by atoms with van der Waals surface area (Å²) in [4.78, 5) is 0.883. The maximum atomic E-state index is 13.2. The lowest BCUT2D eigenvalue weighted by Crippen LogP contribution is -2.00. The van der Waals surface area contributed by atoms with Crippen molar-refractivity contribution in [2.75, 3.05) is 0 Å². The molecule has 1 aromatic heterocycles. The molecule has 0 aliphatic rings. The number of hydrogen-bond donors (Lipinski definition) is 1. The molecule has 0 amide bonds. The second-order valence-corrected chi connectivity index (χ2v) is 6.58. The molecule has 3 rings (SSSR count). The second-order valence-electron chi connectivity index (χ2n) is 5.47. The van der Waals surface area contributed by atoms with Gasteiger partial charge in [0.1, 0.15) is 5.82 Å². The van der Waals surface area contributed by atoms with Gasteiger partial charge in [0.15, 0.2) is 0 Å². The Bertz CT molecular complexity index is 791. The number of hydrogen-bond acceptors (Lipinski definition) is 2. The Hall–Kier alpha value is -1.71. The lowest BCUT2D eigenvalue weighted by atomic mass is 10.0. The van der Waals surface area contributed by atoms with Crippen molar-refractivity contribution >= 4 is 21.4 Å². The van der Waals surface area contributed by atoms with Crippen LogP contribution in [0.15, 0.2) is 42.5 Å². The molecule has 3 aromatic rings. The fourth-order valence-electron chi connectivity index (χ4n) is 2.44. The number of thiophene rings is 1. The Morgan fingerprint density at radius 1 is 1.05 bits per heavy atom. The Kier molecular flexibility index (Phi) is 3.79. The fourth-order valence-corrected chi connectivity index (χ4v) is 3.52. The molecule has 108 valence electrons. The van der Waals surface area contributed by atoms with Crippen LogP contribution in [0.4, 0.5) is 4.39 Å². The molecule has 0 bridgehead atoms. The van der Waals surface area contributed by atoms with E-state index in [-0.39, 0.29) is 5.82 Å². The van der Waals surface area contributed by atoms with Crippen molar-refractivity contribution in [3.05, 3.63) is 69.8 Å². The summed E-state index contributed by atoms with van der Waals surface area (Å²) in [6, 6.07) is 12.9. The third-order valence-electron chi connectivity index (χ3n) is 3.83. The van der Waals surface area contributed by atoms with Gasteiger partial charge in [0.25, 0.3) is 0 Å². The molecule has 0 spiro atoms. The SMILES string of the molecule is Cc1ccc(CC(O)c2cc3ccc(F)cc3s2)cc1C. The minimum atomic E-state index is -0.549. The summed E-state index contributed by atoms with van der Waals surface area (Å²) in [5, 5.41) is 11.4. The van der Waals surface area contributed by atoms with E-state index in [0.29, 0.717) is 6.42 Å². The van der Waals surface area contributed by atoms with Crippen LogP contribution < -0.4 is 0 Å². The highest BCUT2D eigenvalue weighted by atomic mass is 32.1. The van der Waals surface area contributed by atoms with Crippen LogP contribution in [0.1, 0.15) is 27.7 Å². The number of benzene rings is 2. The molecule has 2 aromatic carbocycles. The largest absolute Gasteiger partial charge is 0.387 e. The molecule has 0 fully saturated rings. The van der Waals surface area contributed by atoms with Gasteiger partial charge in [-0.3, -0.25) is 0 Å². The average Bonchev–Trinajstić information content (AvgIpc) is 2.86. The molecular weight excluding hydrogens is 283 g/mol. The summed E-state index contributed by atoms with van der Waals surface area (Å²) in [6.45, 7) is 4.16. The van der Waals surface area contributed by atoms with E-state index < -0.39 is 6.10 Å². The van der Waals surface area contributed by atoms with Crippen molar-refractivity contribution in [1.82, 2.24) is 0 Å². The maximum Gasteiger partial charge on any atom is 0.124 e. The van der Waals surface area contributed by atoms with Gasteiger partial charge in [-0.25, -0.2) is 4.39 Å². The van der Waals surface area contributed by atoms with E-state index in [1.54, 1.807) is 6.07 Å². The van der Waals surface area contributed by atoms with Crippen molar-refractivity contribution in [3.63, 3.8) is 0 Å². The van der Waals surface area contributed by atoms with E-state index in [0.717, 1.165) is 20.5 Å². The standard InChI is InChI=1S/C18H17FOS/c1-11-3-4-13(7-12(11)2)8-16(20)18-9-14-5-6-15(19)10-17(14)21-18/h3-7,9-10,16,20H,8H2,1-2H3. The molecular formula is C18H17FOS. The Labute approximate surface area is 127 Å². The minimum Gasteiger partial charge on any atom is -0.387 e. The summed E-state index contributed by atoms with van der Waals surface area (Å²) in [6.07, 6.45) is 0.0312. The third-order valence-corrected chi connectivity index (χ3v) is 5.03. The van der Waals surface area contributed by atoms with Crippen LogP contribution in [0.2, 0.25) is 0 Å². The smallest absolute Gasteiger partial charge is 0.124 e. The topological polar surface area (TPSA) is 20.2 Å². The zero-order chi connectivity index (χ0) is 15.0. The molecule has 0 saturated carbocycles. The van der Waals surface area contributed by atoms with Gasteiger partial charge in [-0.1, -0.05) is 24.3 Å². The summed E-state index contributed by atoms with van der Waals surface area (Å²) in [5.74, 6) is -0.237. The summed E-state index contributed by atoms with van der Waals surface area (Å²) >= 11 is 1.46. The predicted octanol–water partition coefficient (Wildman–Crippen LogP) is 4.93. The van der Waals surface area contributed by atoms with E-state index >= 15 is 0 Å². The normalized spacial score (nSPS) is 12.8. The van der Waals surface area contributed by atoms with E-state index in [9.17, 15) is 9.50 Å². The molecule has 3 heteroatoms. The van der Waals surface area contributed by atoms with Crippen LogP contribution in [0, 0.1) is 19.7 Å². The first kappa shape index (κ1) is 14.2. The van der Waals surface area contributed by atoms with Crippen molar-refractivity contribution < 1.29 is 9.50 Å². The molecule has 1 unspecified atom stereocenters. The Morgan fingerprint density at radius 3 is 2.62 bits per heavy atom. The number of halogens is 1. The van der Waals surface area contributed by atoms with Gasteiger partial charge in [-0.05, 0) is 54.1 Å². The van der Waals surface area contributed by atoms with Gasteiger partial charge in [-0.15, -0.1) is 11.3 Å². The molecule has 0 saturated heterocycles. The van der Waals surface area contributed by atoms with Gasteiger partial charge in [0.05, 0.1) is 6.10 Å². The molecule has 0 aliphatic heterocycles. The molecule has 1 N–H and O–H groups in total. The van der Waals surface area contributed by atoms with Crippen LogP contribution in [0.3, 0.4) is 0 Å². The van der Waals surface area contributed by atoms with Gasteiger partial charge in [0, 0.05) is 16.0 Å². The first-order chi connectivity index (χ1) is 10.0. The van der Waals surface area contributed by atoms with E-state index in [1.807, 2.05) is 6.07 Å². The first-order valence-corrected chi connectivity index (χ1v) is 7.78. The summed E-state index contributed by atoms with van der Waals surface area (Å²) in [7, 11) is 0. The predicted molar refractivity (Wildman–Crippen MR) is 86.4 cm³/mol. The molecule has 1 heterocycles. The lowest BCUT2D eigenvalue weighted by Gasteiger charge is -2.10. The quantitative estimate of drug-likeness (QED) is 0.727. The van der Waals surface area contributed by atoms with Crippen LogP contribution in [0.5, 0.6) is 0 Å². The molecule has 1 nitrogen and oxygen atoms in total. The second kappa shape index (κ2) is 5.58. The fraction of sp³-hybridized carbons (Fsp3) is 0.222. The zero-order valence-electron chi connectivity index (χ0n) is 12.1. The Balaban J connectivity index is 1.85. The number of aliphatic hydroxyl groups excluding tert-OH is 1. The van der Waals surface area contributed by atoms with Crippen LogP contribution >= 0.6 is 11.3 Å². The van der Waals surface area contributed by atoms with Gasteiger partial charge in [-0.2, -0.15) is 0 Å². The number of rotatable bonds is 3. The van der Waals surface area contributed by atoms with Crippen molar-refractivity contribution in [1.29, 1.82) is 0 Å². The molecule has 1 atom stereocenters. The number of aryl methyl sites for hydroxylation is 2. The number of fused-ring (bicyclic) bond motifs is 1. The van der Waals surface area contributed by atoms with Crippen molar-refractivity contribution in [2.45, 2.75) is 26.4 Å². The monoisotopic (exact) mass is 300 g/mol. The zero-order valence-corrected chi connectivity index (χ0v) is 12.9.